The third-order valence-electron chi connectivity index (χ3n) is 4.64. The number of esters is 1. The lowest BCUT2D eigenvalue weighted by Gasteiger charge is -2.13. The van der Waals surface area contributed by atoms with Gasteiger partial charge in [0, 0.05) is 17.6 Å². The Bertz CT molecular complexity index is 578. The van der Waals surface area contributed by atoms with E-state index in [1.165, 1.54) is 30.2 Å². The van der Waals surface area contributed by atoms with Gasteiger partial charge in [0.15, 0.2) is 0 Å². The van der Waals surface area contributed by atoms with Crippen LogP contribution in [0.15, 0.2) is 34.6 Å². The van der Waals surface area contributed by atoms with Crippen LogP contribution in [0, 0.1) is 5.92 Å². The molecule has 0 saturated carbocycles. The van der Waals surface area contributed by atoms with Crippen LogP contribution in [0.1, 0.15) is 45.4 Å². The van der Waals surface area contributed by atoms with Crippen molar-refractivity contribution in [3.8, 4) is 0 Å². The maximum absolute atomic E-state index is 11.5. The number of carbonyl (C=O) groups is 2. The van der Waals surface area contributed by atoms with Gasteiger partial charge in [0.1, 0.15) is 0 Å². The molecule has 0 fully saturated rings. The minimum atomic E-state index is -0.963. The van der Waals surface area contributed by atoms with Gasteiger partial charge in [0.05, 0.1) is 11.8 Å². The summed E-state index contributed by atoms with van der Waals surface area (Å²) in [5.74, 6) is -1.41. The van der Waals surface area contributed by atoms with Crippen LogP contribution in [0.2, 0.25) is 0 Å². The van der Waals surface area contributed by atoms with E-state index in [4.69, 9.17) is 9.47 Å². The van der Waals surface area contributed by atoms with Crippen molar-refractivity contribution in [2.45, 2.75) is 51.7 Å². The van der Waals surface area contributed by atoms with Crippen LogP contribution in [0.25, 0.3) is 0 Å². The van der Waals surface area contributed by atoms with Crippen LogP contribution in [0.5, 0.6) is 0 Å². The molecule has 1 heterocycles. The largest absolute Gasteiger partial charge is 0.478 e. The SMILES string of the molecule is CC1=CC(O/C=C(/C(=O)O)C2CC3=C(CCCC3)C2)OC1=O. The highest BCUT2D eigenvalue weighted by atomic mass is 16.7. The molecule has 1 aliphatic heterocycles. The van der Waals surface area contributed by atoms with Crippen molar-refractivity contribution in [3.63, 3.8) is 0 Å². The number of allylic oxidation sites excluding steroid dienone is 2. The summed E-state index contributed by atoms with van der Waals surface area (Å²) in [7, 11) is 0. The van der Waals surface area contributed by atoms with E-state index in [9.17, 15) is 14.7 Å². The monoisotopic (exact) mass is 304 g/mol. The fraction of sp³-hybridized carbons (Fsp3) is 0.529. The summed E-state index contributed by atoms with van der Waals surface area (Å²) in [6, 6.07) is 0. The van der Waals surface area contributed by atoms with Crippen LogP contribution in [0.4, 0.5) is 0 Å². The normalized spacial score (nSPS) is 25.9. The second kappa shape index (κ2) is 5.99. The Morgan fingerprint density at radius 2 is 1.95 bits per heavy atom. The Morgan fingerprint density at radius 3 is 2.45 bits per heavy atom. The van der Waals surface area contributed by atoms with Crippen LogP contribution in [-0.4, -0.2) is 23.3 Å². The molecule has 0 aromatic heterocycles. The molecular weight excluding hydrogens is 284 g/mol. The van der Waals surface area contributed by atoms with E-state index in [0.717, 1.165) is 25.7 Å². The molecule has 0 aromatic rings. The number of hydrogen-bond donors (Lipinski definition) is 1. The molecule has 1 atom stereocenters. The summed E-state index contributed by atoms with van der Waals surface area (Å²) < 4.78 is 10.3. The summed E-state index contributed by atoms with van der Waals surface area (Å²) >= 11 is 0. The molecule has 22 heavy (non-hydrogen) atoms. The minimum Gasteiger partial charge on any atom is -0.478 e. The molecule has 118 valence electrons. The summed E-state index contributed by atoms with van der Waals surface area (Å²) in [6.45, 7) is 1.64. The summed E-state index contributed by atoms with van der Waals surface area (Å²) in [4.78, 5) is 22.8. The van der Waals surface area contributed by atoms with Gasteiger partial charge in [0.25, 0.3) is 6.29 Å². The molecule has 3 rings (SSSR count). The standard InChI is InChI=1S/C17H20O5/c1-10-6-15(22-17(10)20)21-9-14(16(18)19)13-7-11-4-2-3-5-12(11)8-13/h6,9,13,15H,2-5,7-8H2,1H3,(H,18,19)/b14-9+. The molecular formula is C17H20O5. The molecule has 0 aromatic carbocycles. The summed E-state index contributed by atoms with van der Waals surface area (Å²) in [6.07, 6.45) is 8.24. The lowest BCUT2D eigenvalue weighted by molar-refractivity contribution is -0.152. The summed E-state index contributed by atoms with van der Waals surface area (Å²) in [5, 5.41) is 9.46. The number of cyclic esters (lactones) is 1. The number of rotatable bonds is 4. The van der Waals surface area contributed by atoms with Gasteiger partial charge in [-0.05, 0) is 45.4 Å². The third-order valence-corrected chi connectivity index (χ3v) is 4.64. The molecule has 3 aliphatic rings. The predicted molar refractivity (Wildman–Crippen MR) is 78.7 cm³/mol. The van der Waals surface area contributed by atoms with Crippen LogP contribution < -0.4 is 0 Å². The predicted octanol–water partition coefficient (Wildman–Crippen LogP) is 3.08. The van der Waals surface area contributed by atoms with Gasteiger partial charge in [-0.2, -0.15) is 0 Å². The fourth-order valence-electron chi connectivity index (χ4n) is 3.44. The molecule has 0 saturated heterocycles. The van der Waals surface area contributed by atoms with Crippen molar-refractivity contribution in [2.24, 2.45) is 5.92 Å². The highest BCUT2D eigenvalue weighted by Crippen LogP contribution is 2.43. The maximum Gasteiger partial charge on any atom is 0.336 e. The topological polar surface area (TPSA) is 72.8 Å². The van der Waals surface area contributed by atoms with Crippen LogP contribution in [0.3, 0.4) is 0 Å². The summed E-state index contributed by atoms with van der Waals surface area (Å²) in [5.41, 5.74) is 3.62. The van der Waals surface area contributed by atoms with Crippen molar-refractivity contribution < 1.29 is 24.2 Å². The number of aliphatic carboxylic acids is 1. The first-order valence-electron chi connectivity index (χ1n) is 7.72. The van der Waals surface area contributed by atoms with E-state index >= 15 is 0 Å². The Morgan fingerprint density at radius 1 is 1.32 bits per heavy atom. The van der Waals surface area contributed by atoms with E-state index in [2.05, 4.69) is 0 Å². The quantitative estimate of drug-likeness (QED) is 0.374. The smallest absolute Gasteiger partial charge is 0.336 e. The first-order chi connectivity index (χ1) is 10.5. The average molecular weight is 304 g/mol. The van der Waals surface area contributed by atoms with Gasteiger partial charge in [-0.3, -0.25) is 0 Å². The van der Waals surface area contributed by atoms with E-state index in [1.54, 1.807) is 13.0 Å². The Hall–Kier alpha value is -2.04. The lowest BCUT2D eigenvalue weighted by atomic mass is 9.94. The van der Waals surface area contributed by atoms with Gasteiger partial charge in [-0.25, -0.2) is 9.59 Å². The van der Waals surface area contributed by atoms with Gasteiger partial charge in [0.2, 0.25) is 0 Å². The minimum absolute atomic E-state index is 0.0252. The van der Waals surface area contributed by atoms with Crippen molar-refractivity contribution >= 4 is 11.9 Å². The molecule has 2 aliphatic carbocycles. The van der Waals surface area contributed by atoms with Crippen molar-refractivity contribution in [3.05, 3.63) is 34.6 Å². The Kier molecular flexibility index (Phi) is 4.05. The fourth-order valence-corrected chi connectivity index (χ4v) is 3.44. The van der Waals surface area contributed by atoms with Crippen molar-refractivity contribution in [2.75, 3.05) is 0 Å². The molecule has 5 heteroatoms. The zero-order chi connectivity index (χ0) is 15.7. The Balaban J connectivity index is 1.68. The molecule has 0 radical (unpaired) electrons. The van der Waals surface area contributed by atoms with E-state index in [-0.39, 0.29) is 11.5 Å². The Labute approximate surface area is 129 Å². The third kappa shape index (κ3) is 2.93. The van der Waals surface area contributed by atoms with Crippen molar-refractivity contribution in [1.82, 2.24) is 0 Å². The van der Waals surface area contributed by atoms with Gasteiger partial charge >= 0.3 is 11.9 Å². The lowest BCUT2D eigenvalue weighted by Crippen LogP contribution is -2.14. The van der Waals surface area contributed by atoms with Crippen molar-refractivity contribution in [1.29, 1.82) is 0 Å². The van der Waals surface area contributed by atoms with Gasteiger partial charge in [-0.15, -0.1) is 0 Å². The zero-order valence-corrected chi connectivity index (χ0v) is 12.6. The zero-order valence-electron chi connectivity index (χ0n) is 12.6. The number of carboxylic acid groups (broad SMARTS) is 1. The maximum atomic E-state index is 11.5. The molecule has 1 unspecified atom stereocenters. The second-order valence-corrected chi connectivity index (χ2v) is 6.16. The number of carboxylic acids is 1. The number of hydrogen-bond acceptors (Lipinski definition) is 4. The molecule has 0 bridgehead atoms. The highest BCUT2D eigenvalue weighted by Gasteiger charge is 2.32. The molecule has 0 spiro atoms. The first-order valence-corrected chi connectivity index (χ1v) is 7.72. The van der Waals surface area contributed by atoms with E-state index in [1.807, 2.05) is 0 Å². The van der Waals surface area contributed by atoms with Crippen LogP contribution in [-0.2, 0) is 19.1 Å². The van der Waals surface area contributed by atoms with Crippen LogP contribution >= 0.6 is 0 Å². The average Bonchev–Trinajstić information content (AvgIpc) is 3.02. The van der Waals surface area contributed by atoms with E-state index in [0.29, 0.717) is 5.57 Å². The number of ether oxygens (including phenoxy) is 2. The molecule has 0 amide bonds. The van der Waals surface area contributed by atoms with Gasteiger partial charge in [-0.1, -0.05) is 11.1 Å². The van der Waals surface area contributed by atoms with Gasteiger partial charge < -0.3 is 14.6 Å². The van der Waals surface area contributed by atoms with E-state index < -0.39 is 18.2 Å². The number of carbonyl (C=O) groups excluding carboxylic acids is 1. The highest BCUT2D eigenvalue weighted by molar-refractivity contribution is 5.90. The second-order valence-electron chi connectivity index (χ2n) is 6.16. The molecule has 5 nitrogen and oxygen atoms in total. The molecule has 1 N–H and O–H groups in total. The first kappa shape index (κ1) is 14.9.